The van der Waals surface area contributed by atoms with Gasteiger partial charge < -0.3 is 19.5 Å². The number of carbonyl (C=O) groups excluding carboxylic acids is 1. The van der Waals surface area contributed by atoms with Gasteiger partial charge in [-0.05, 0) is 72.7 Å². The van der Waals surface area contributed by atoms with Crippen LogP contribution in [-0.4, -0.2) is 19.6 Å². The lowest BCUT2D eigenvalue weighted by molar-refractivity contribution is -0.137. The van der Waals surface area contributed by atoms with Crippen molar-refractivity contribution in [3.63, 3.8) is 0 Å². The fraction of sp³-hybridized carbons (Fsp3) is 0.185. The summed E-state index contributed by atoms with van der Waals surface area (Å²) in [6.07, 6.45) is -3.08. The Morgan fingerprint density at radius 3 is 2.42 bits per heavy atom. The smallest absolute Gasteiger partial charge is 0.416 e. The number of hydrogen-bond donors (Lipinski definition) is 1. The zero-order chi connectivity index (χ0) is 26.1. The Labute approximate surface area is 206 Å². The maximum Gasteiger partial charge on any atom is 0.416 e. The van der Waals surface area contributed by atoms with Gasteiger partial charge in [-0.2, -0.15) is 18.4 Å². The van der Waals surface area contributed by atoms with Crippen molar-refractivity contribution in [2.45, 2.75) is 19.7 Å². The fourth-order valence-corrected chi connectivity index (χ4v) is 3.21. The minimum absolute atomic E-state index is 0.142. The summed E-state index contributed by atoms with van der Waals surface area (Å²) in [5.74, 6) is 0.635. The van der Waals surface area contributed by atoms with Crippen molar-refractivity contribution in [1.29, 1.82) is 5.26 Å². The third kappa shape index (κ3) is 7.03. The lowest BCUT2D eigenvalue weighted by atomic mass is 10.1. The topological polar surface area (TPSA) is 80.6 Å². The molecule has 0 heterocycles. The molecule has 0 radical (unpaired) electrons. The first-order valence-corrected chi connectivity index (χ1v) is 10.9. The Balaban J connectivity index is 1.76. The summed E-state index contributed by atoms with van der Waals surface area (Å²) < 4.78 is 55.3. The van der Waals surface area contributed by atoms with Crippen LogP contribution in [-0.2, 0) is 17.6 Å². The van der Waals surface area contributed by atoms with E-state index in [1.165, 1.54) is 31.4 Å². The van der Waals surface area contributed by atoms with Crippen molar-refractivity contribution >= 4 is 17.7 Å². The summed E-state index contributed by atoms with van der Waals surface area (Å²) in [6.45, 7) is 2.23. The van der Waals surface area contributed by atoms with Gasteiger partial charge in [0.25, 0.3) is 5.91 Å². The molecule has 0 saturated carbocycles. The van der Waals surface area contributed by atoms with Gasteiger partial charge in [-0.25, -0.2) is 0 Å². The number of ether oxygens (including phenoxy) is 3. The van der Waals surface area contributed by atoms with E-state index < -0.39 is 17.6 Å². The van der Waals surface area contributed by atoms with E-state index >= 15 is 0 Å². The van der Waals surface area contributed by atoms with Crippen LogP contribution in [0.3, 0.4) is 0 Å². The van der Waals surface area contributed by atoms with E-state index in [4.69, 9.17) is 14.2 Å². The predicted octanol–water partition coefficient (Wildman–Crippen LogP) is 6.24. The van der Waals surface area contributed by atoms with Crippen molar-refractivity contribution in [2.75, 3.05) is 19.0 Å². The first kappa shape index (κ1) is 26.2. The summed E-state index contributed by atoms with van der Waals surface area (Å²) in [6, 6.07) is 18.1. The standard InChI is InChI=1S/C27H23F3N2O4/c1-3-35-23-10-8-22(9-11-23)32-26(33)20(16-31)13-18-7-12-24(34-2)25(15-18)36-17-19-5-4-6-21(14-19)27(28,29)30/h4-15H,3,17H2,1-2H3,(H,32,33)/b20-13+. The second kappa shape index (κ2) is 11.8. The lowest BCUT2D eigenvalue weighted by Gasteiger charge is -2.13. The summed E-state index contributed by atoms with van der Waals surface area (Å²) in [5.41, 5.74) is 0.347. The minimum Gasteiger partial charge on any atom is -0.494 e. The van der Waals surface area contributed by atoms with Crippen molar-refractivity contribution < 1.29 is 32.2 Å². The Morgan fingerprint density at radius 1 is 1.03 bits per heavy atom. The molecule has 186 valence electrons. The number of carbonyl (C=O) groups is 1. The first-order valence-electron chi connectivity index (χ1n) is 10.9. The molecular weight excluding hydrogens is 473 g/mol. The molecule has 3 aromatic rings. The number of nitrogens with one attached hydrogen (secondary N) is 1. The molecule has 9 heteroatoms. The zero-order valence-corrected chi connectivity index (χ0v) is 19.6. The molecule has 0 aromatic heterocycles. The van der Waals surface area contributed by atoms with Crippen molar-refractivity contribution in [3.05, 3.63) is 89.0 Å². The third-order valence-electron chi connectivity index (χ3n) is 4.94. The van der Waals surface area contributed by atoms with E-state index in [2.05, 4.69) is 5.32 Å². The highest BCUT2D eigenvalue weighted by molar-refractivity contribution is 6.09. The summed E-state index contributed by atoms with van der Waals surface area (Å²) in [5, 5.41) is 12.2. The van der Waals surface area contributed by atoms with Gasteiger partial charge in [0.05, 0.1) is 19.3 Å². The normalized spacial score (nSPS) is 11.4. The van der Waals surface area contributed by atoms with Gasteiger partial charge >= 0.3 is 6.18 Å². The number of hydrogen-bond acceptors (Lipinski definition) is 5. The highest BCUT2D eigenvalue weighted by Crippen LogP contribution is 2.32. The summed E-state index contributed by atoms with van der Waals surface area (Å²) >= 11 is 0. The maximum absolute atomic E-state index is 13.0. The Kier molecular flexibility index (Phi) is 8.57. The average molecular weight is 496 g/mol. The van der Waals surface area contributed by atoms with E-state index in [0.29, 0.717) is 34.9 Å². The number of alkyl halides is 3. The van der Waals surface area contributed by atoms with E-state index in [9.17, 15) is 23.2 Å². The van der Waals surface area contributed by atoms with Crippen LogP contribution < -0.4 is 19.5 Å². The minimum atomic E-state index is -4.46. The second-order valence-corrected chi connectivity index (χ2v) is 7.48. The first-order chi connectivity index (χ1) is 17.2. The monoisotopic (exact) mass is 496 g/mol. The molecule has 0 saturated heterocycles. The van der Waals surface area contributed by atoms with Crippen LogP contribution in [0.1, 0.15) is 23.6 Å². The molecule has 3 aromatic carbocycles. The van der Waals surface area contributed by atoms with Crippen LogP contribution in [0.25, 0.3) is 6.08 Å². The molecule has 36 heavy (non-hydrogen) atoms. The zero-order valence-electron chi connectivity index (χ0n) is 19.6. The molecule has 1 amide bonds. The Hall–Kier alpha value is -4.45. The summed E-state index contributed by atoms with van der Waals surface area (Å²) in [4.78, 5) is 12.6. The lowest BCUT2D eigenvalue weighted by Crippen LogP contribution is -2.13. The number of halogens is 3. The van der Waals surface area contributed by atoms with Crippen LogP contribution in [0, 0.1) is 11.3 Å². The Morgan fingerprint density at radius 2 is 1.78 bits per heavy atom. The van der Waals surface area contributed by atoms with Gasteiger partial charge in [0, 0.05) is 5.69 Å². The molecule has 0 atom stereocenters. The van der Waals surface area contributed by atoms with E-state index in [0.717, 1.165) is 12.1 Å². The van der Waals surface area contributed by atoms with Crippen molar-refractivity contribution in [1.82, 2.24) is 0 Å². The molecule has 0 bridgehead atoms. The molecule has 1 N–H and O–H groups in total. The Bertz CT molecular complexity index is 1280. The number of nitriles is 1. The maximum atomic E-state index is 13.0. The van der Waals surface area contributed by atoms with Crippen LogP contribution in [0.5, 0.6) is 17.2 Å². The van der Waals surface area contributed by atoms with Crippen molar-refractivity contribution in [2.24, 2.45) is 0 Å². The molecule has 0 spiro atoms. The number of benzene rings is 3. The average Bonchev–Trinajstić information content (AvgIpc) is 2.87. The highest BCUT2D eigenvalue weighted by Gasteiger charge is 2.30. The van der Waals surface area contributed by atoms with E-state index in [1.807, 2.05) is 13.0 Å². The van der Waals surface area contributed by atoms with Gasteiger partial charge in [0.2, 0.25) is 0 Å². The highest BCUT2D eigenvalue weighted by atomic mass is 19.4. The van der Waals surface area contributed by atoms with Gasteiger partial charge in [-0.15, -0.1) is 0 Å². The molecule has 0 aliphatic heterocycles. The second-order valence-electron chi connectivity index (χ2n) is 7.48. The van der Waals surface area contributed by atoms with E-state index in [-0.39, 0.29) is 17.9 Å². The number of amides is 1. The fourth-order valence-electron chi connectivity index (χ4n) is 3.21. The molecule has 0 aliphatic rings. The van der Waals surface area contributed by atoms with Crippen molar-refractivity contribution in [3.8, 4) is 23.3 Å². The predicted molar refractivity (Wildman–Crippen MR) is 129 cm³/mol. The number of anilines is 1. The molecule has 3 rings (SSSR count). The van der Waals surface area contributed by atoms with Crippen LogP contribution in [0.4, 0.5) is 18.9 Å². The van der Waals surface area contributed by atoms with E-state index in [1.54, 1.807) is 36.4 Å². The quantitative estimate of drug-likeness (QED) is 0.280. The van der Waals surface area contributed by atoms with Crippen LogP contribution in [0.15, 0.2) is 72.3 Å². The molecule has 0 unspecified atom stereocenters. The molecule has 0 aliphatic carbocycles. The summed E-state index contributed by atoms with van der Waals surface area (Å²) in [7, 11) is 1.42. The van der Waals surface area contributed by atoms with Gasteiger partial charge in [-0.1, -0.05) is 18.2 Å². The molecule has 0 fully saturated rings. The SMILES string of the molecule is CCOc1ccc(NC(=O)/C(C#N)=C/c2ccc(OC)c(OCc3cccc(C(F)(F)F)c3)c2)cc1. The van der Waals surface area contributed by atoms with Gasteiger partial charge in [0.1, 0.15) is 24.0 Å². The largest absolute Gasteiger partial charge is 0.494 e. The number of methoxy groups -OCH3 is 1. The van der Waals surface area contributed by atoms with Gasteiger partial charge in [-0.3, -0.25) is 4.79 Å². The number of nitrogens with zero attached hydrogens (tertiary/aromatic N) is 1. The van der Waals surface area contributed by atoms with Crippen LogP contribution in [0.2, 0.25) is 0 Å². The molecular formula is C27H23F3N2O4. The molecule has 6 nitrogen and oxygen atoms in total. The third-order valence-corrected chi connectivity index (χ3v) is 4.94. The number of rotatable bonds is 9. The van der Waals surface area contributed by atoms with Crippen LogP contribution >= 0.6 is 0 Å². The van der Waals surface area contributed by atoms with Gasteiger partial charge in [0.15, 0.2) is 11.5 Å².